The number of nitrogens with zero attached hydrogens (tertiary/aromatic N) is 3. The van der Waals surface area contributed by atoms with Crippen LogP contribution in [-0.4, -0.2) is 39.7 Å². The molecule has 2 unspecified atom stereocenters. The van der Waals surface area contributed by atoms with Gasteiger partial charge in [-0.15, -0.1) is 0 Å². The third-order valence-electron chi connectivity index (χ3n) is 3.74. The van der Waals surface area contributed by atoms with E-state index in [0.29, 0.717) is 12.6 Å². The van der Waals surface area contributed by atoms with Crippen molar-refractivity contribution in [1.29, 1.82) is 0 Å². The molecule has 20 heavy (non-hydrogen) atoms. The first kappa shape index (κ1) is 16.7. The molecule has 1 N–H and O–H groups in total. The Kier molecular flexibility index (Phi) is 6.71. The fourth-order valence-corrected chi connectivity index (χ4v) is 2.06. The van der Waals surface area contributed by atoms with E-state index in [1.54, 1.807) is 0 Å². The molecule has 114 valence electrons. The minimum absolute atomic E-state index is 0.149. The van der Waals surface area contributed by atoms with Crippen LogP contribution >= 0.6 is 0 Å². The normalized spacial score (nSPS) is 14.1. The van der Waals surface area contributed by atoms with Crippen LogP contribution in [0.2, 0.25) is 0 Å². The monoisotopic (exact) mass is 280 g/mol. The molecule has 0 fully saturated rings. The highest BCUT2D eigenvalue weighted by Gasteiger charge is 2.17. The molecule has 1 aromatic rings. The van der Waals surface area contributed by atoms with Gasteiger partial charge in [0, 0.05) is 31.9 Å². The third-order valence-corrected chi connectivity index (χ3v) is 3.74. The van der Waals surface area contributed by atoms with Crippen LogP contribution in [0.4, 0.5) is 0 Å². The minimum atomic E-state index is -0.177. The zero-order valence-electron chi connectivity index (χ0n) is 13.4. The van der Waals surface area contributed by atoms with Crippen LogP contribution in [0, 0.1) is 0 Å². The van der Waals surface area contributed by atoms with E-state index in [-0.39, 0.29) is 11.9 Å². The van der Waals surface area contributed by atoms with E-state index in [9.17, 15) is 4.79 Å². The first-order valence-corrected chi connectivity index (χ1v) is 7.59. The Labute approximate surface area is 122 Å². The number of nitrogens with one attached hydrogen (secondary N) is 1. The van der Waals surface area contributed by atoms with E-state index in [0.717, 1.165) is 25.2 Å². The number of hydrogen-bond donors (Lipinski definition) is 1. The summed E-state index contributed by atoms with van der Waals surface area (Å²) in [4.78, 5) is 14.0. The van der Waals surface area contributed by atoms with Gasteiger partial charge in [0.2, 0.25) is 5.91 Å². The molecule has 0 aromatic carbocycles. The molecule has 0 bridgehead atoms. The van der Waals surface area contributed by atoms with E-state index in [4.69, 9.17) is 0 Å². The van der Waals surface area contributed by atoms with Gasteiger partial charge in [-0.2, -0.15) is 5.10 Å². The van der Waals surface area contributed by atoms with Crippen LogP contribution in [0.5, 0.6) is 0 Å². The molecular formula is C15H28N4O. The lowest BCUT2D eigenvalue weighted by molar-refractivity contribution is -0.132. The molecular weight excluding hydrogens is 252 g/mol. The van der Waals surface area contributed by atoms with Gasteiger partial charge in [-0.05, 0) is 40.2 Å². The third kappa shape index (κ3) is 4.34. The van der Waals surface area contributed by atoms with Crippen LogP contribution in [0.3, 0.4) is 0 Å². The van der Waals surface area contributed by atoms with Crippen LogP contribution in [-0.2, 0) is 11.3 Å². The molecule has 0 radical (unpaired) electrons. The van der Waals surface area contributed by atoms with E-state index >= 15 is 0 Å². The van der Waals surface area contributed by atoms with Gasteiger partial charge in [0.05, 0.1) is 11.7 Å². The smallest absolute Gasteiger partial charge is 0.239 e. The van der Waals surface area contributed by atoms with Crippen molar-refractivity contribution in [3.8, 4) is 0 Å². The molecule has 0 saturated heterocycles. The summed E-state index contributed by atoms with van der Waals surface area (Å²) >= 11 is 0. The number of amides is 1. The van der Waals surface area contributed by atoms with Gasteiger partial charge >= 0.3 is 0 Å². The predicted molar refractivity (Wildman–Crippen MR) is 81.5 cm³/mol. The molecule has 1 aromatic heterocycles. The lowest BCUT2D eigenvalue weighted by atomic mass is 10.2. The second-order valence-corrected chi connectivity index (χ2v) is 5.16. The Hall–Kier alpha value is -1.36. The fraction of sp³-hybridized carbons (Fsp3) is 0.733. The first-order valence-electron chi connectivity index (χ1n) is 7.59. The molecule has 0 aliphatic carbocycles. The maximum atomic E-state index is 12.1. The van der Waals surface area contributed by atoms with Gasteiger partial charge in [0.1, 0.15) is 0 Å². The molecule has 0 saturated carbocycles. The van der Waals surface area contributed by atoms with Crippen molar-refractivity contribution >= 4 is 5.91 Å². The Morgan fingerprint density at radius 1 is 1.35 bits per heavy atom. The zero-order chi connectivity index (χ0) is 15.1. The lowest BCUT2D eigenvalue weighted by Crippen LogP contribution is -2.44. The summed E-state index contributed by atoms with van der Waals surface area (Å²) in [5, 5.41) is 7.78. The molecule has 0 aliphatic heterocycles. The Morgan fingerprint density at radius 3 is 2.55 bits per heavy atom. The van der Waals surface area contributed by atoms with E-state index in [2.05, 4.69) is 24.3 Å². The summed E-state index contributed by atoms with van der Waals surface area (Å²) in [5.74, 6) is 0.149. The summed E-state index contributed by atoms with van der Waals surface area (Å²) in [5.41, 5.74) is 0.976. The molecule has 1 heterocycles. The maximum absolute atomic E-state index is 12.1. The summed E-state index contributed by atoms with van der Waals surface area (Å²) < 4.78 is 1.98. The van der Waals surface area contributed by atoms with Crippen molar-refractivity contribution in [2.75, 3.05) is 13.1 Å². The van der Waals surface area contributed by atoms with Gasteiger partial charge < -0.3 is 10.2 Å². The lowest BCUT2D eigenvalue weighted by Gasteiger charge is -2.23. The zero-order valence-corrected chi connectivity index (χ0v) is 13.4. The minimum Gasteiger partial charge on any atom is -0.342 e. The number of carbonyl (C=O) groups is 1. The largest absolute Gasteiger partial charge is 0.342 e. The second-order valence-electron chi connectivity index (χ2n) is 5.16. The summed E-state index contributed by atoms with van der Waals surface area (Å²) in [7, 11) is 0. The van der Waals surface area contributed by atoms with E-state index in [1.165, 1.54) is 0 Å². The van der Waals surface area contributed by atoms with Gasteiger partial charge in [0.15, 0.2) is 0 Å². The Morgan fingerprint density at radius 2 is 2.00 bits per heavy atom. The van der Waals surface area contributed by atoms with Crippen molar-refractivity contribution in [2.24, 2.45) is 0 Å². The van der Waals surface area contributed by atoms with E-state index in [1.807, 2.05) is 42.6 Å². The van der Waals surface area contributed by atoms with Crippen molar-refractivity contribution in [3.05, 3.63) is 18.0 Å². The molecule has 0 spiro atoms. The maximum Gasteiger partial charge on any atom is 0.239 e. The van der Waals surface area contributed by atoms with Crippen molar-refractivity contribution in [2.45, 2.75) is 59.7 Å². The highest BCUT2D eigenvalue weighted by atomic mass is 16.2. The van der Waals surface area contributed by atoms with Crippen LogP contribution < -0.4 is 5.32 Å². The van der Waals surface area contributed by atoms with Crippen molar-refractivity contribution < 1.29 is 4.79 Å². The number of rotatable bonds is 8. The summed E-state index contributed by atoms with van der Waals surface area (Å²) in [6, 6.07) is 2.25. The molecule has 1 rings (SSSR count). The van der Waals surface area contributed by atoms with Crippen molar-refractivity contribution in [1.82, 2.24) is 20.0 Å². The predicted octanol–water partition coefficient (Wildman–Crippen LogP) is 2.20. The van der Waals surface area contributed by atoms with Crippen LogP contribution in [0.1, 0.15) is 52.8 Å². The average Bonchev–Trinajstić information content (AvgIpc) is 2.93. The van der Waals surface area contributed by atoms with Gasteiger partial charge in [-0.3, -0.25) is 9.48 Å². The van der Waals surface area contributed by atoms with Gasteiger partial charge in [-0.25, -0.2) is 0 Å². The summed E-state index contributed by atoms with van der Waals surface area (Å²) in [6.45, 7) is 12.3. The first-order chi connectivity index (χ1) is 9.53. The fourth-order valence-electron chi connectivity index (χ4n) is 2.06. The quantitative estimate of drug-likeness (QED) is 0.794. The molecule has 1 amide bonds. The highest BCUT2D eigenvalue weighted by molar-refractivity contribution is 5.81. The number of aromatic nitrogens is 2. The Balaban J connectivity index is 2.50. The number of carbonyl (C=O) groups excluding carboxylic acids is 1. The van der Waals surface area contributed by atoms with Gasteiger partial charge in [0.25, 0.3) is 0 Å². The Bertz CT molecular complexity index is 412. The van der Waals surface area contributed by atoms with E-state index < -0.39 is 0 Å². The van der Waals surface area contributed by atoms with Crippen molar-refractivity contribution in [3.63, 3.8) is 0 Å². The molecule has 2 atom stereocenters. The molecule has 5 heteroatoms. The summed E-state index contributed by atoms with van der Waals surface area (Å²) in [6.07, 6.45) is 3.06. The number of hydrogen-bond acceptors (Lipinski definition) is 3. The topological polar surface area (TPSA) is 50.2 Å². The van der Waals surface area contributed by atoms with Crippen LogP contribution in [0.25, 0.3) is 0 Å². The molecule has 5 nitrogen and oxygen atoms in total. The van der Waals surface area contributed by atoms with Gasteiger partial charge in [-0.1, -0.05) is 6.92 Å². The molecule has 0 aliphatic rings. The number of likely N-dealkylation sites (N-methyl/N-ethyl adjacent to an activating group) is 1. The average molecular weight is 280 g/mol. The highest BCUT2D eigenvalue weighted by Crippen LogP contribution is 2.09. The standard InChI is InChI=1S/C15H28N4O/c1-6-12(4)19-10-9-14(17-19)11-16-13(5)15(20)18(7-2)8-3/h9-10,12-13,16H,6-8,11H2,1-5H3. The SMILES string of the molecule is CCC(C)n1ccc(CNC(C)C(=O)N(CC)CC)n1. The second kappa shape index (κ2) is 8.04. The van der Waals surface area contributed by atoms with Crippen LogP contribution in [0.15, 0.2) is 12.3 Å².